The first-order chi connectivity index (χ1) is 17.5. The molecule has 0 atom stereocenters. The summed E-state index contributed by atoms with van der Waals surface area (Å²) in [4.78, 5) is 0. The van der Waals surface area contributed by atoms with Crippen molar-refractivity contribution in [2.45, 2.75) is 44.9 Å². The van der Waals surface area contributed by atoms with Crippen molar-refractivity contribution in [1.82, 2.24) is 0 Å². The molecule has 0 radical (unpaired) electrons. The summed E-state index contributed by atoms with van der Waals surface area (Å²) in [5, 5.41) is 11.9. The summed E-state index contributed by atoms with van der Waals surface area (Å²) >= 11 is 0. The second-order valence-corrected chi connectivity index (χ2v) is 10.0. The van der Waals surface area contributed by atoms with E-state index >= 15 is 0 Å². The normalized spacial score (nSPS) is 14.4. The van der Waals surface area contributed by atoms with Crippen LogP contribution in [0.15, 0.2) is 71.3 Å². The summed E-state index contributed by atoms with van der Waals surface area (Å²) in [6.45, 7) is 2.01. The van der Waals surface area contributed by atoms with Gasteiger partial charge in [0, 0.05) is 28.5 Å². The van der Waals surface area contributed by atoms with Crippen molar-refractivity contribution >= 4 is 21.9 Å². The van der Waals surface area contributed by atoms with Gasteiger partial charge in [-0.25, -0.2) is 8.96 Å². The SMILES string of the molecule is Cc1ccc2c(oc3c(-c4ccc(C5CCCCC5)cc4)c(C#N)ccc32)c1-c1cc(F)cc[n+]1C. The number of hydrogen-bond acceptors (Lipinski definition) is 2. The highest BCUT2D eigenvalue weighted by Crippen LogP contribution is 2.42. The summed E-state index contributed by atoms with van der Waals surface area (Å²) in [6.07, 6.45) is 8.16. The van der Waals surface area contributed by atoms with Crippen molar-refractivity contribution < 1.29 is 13.4 Å². The van der Waals surface area contributed by atoms with E-state index in [0.717, 1.165) is 38.7 Å². The minimum atomic E-state index is -0.291. The highest BCUT2D eigenvalue weighted by molar-refractivity contribution is 6.14. The quantitative estimate of drug-likeness (QED) is 0.247. The van der Waals surface area contributed by atoms with Crippen molar-refractivity contribution in [2.24, 2.45) is 7.05 Å². The monoisotopic (exact) mass is 475 g/mol. The summed E-state index contributed by atoms with van der Waals surface area (Å²) < 4.78 is 22.7. The van der Waals surface area contributed by atoms with Crippen molar-refractivity contribution in [1.29, 1.82) is 5.26 Å². The van der Waals surface area contributed by atoms with Crippen molar-refractivity contribution in [2.75, 3.05) is 0 Å². The van der Waals surface area contributed by atoms with Crippen LogP contribution in [0.4, 0.5) is 4.39 Å². The molecule has 0 spiro atoms. The van der Waals surface area contributed by atoms with Crippen LogP contribution in [0, 0.1) is 24.1 Å². The van der Waals surface area contributed by atoms with Gasteiger partial charge in [0.2, 0.25) is 5.69 Å². The van der Waals surface area contributed by atoms with Crippen molar-refractivity contribution in [3.8, 4) is 28.5 Å². The molecule has 3 nitrogen and oxygen atoms in total. The van der Waals surface area contributed by atoms with Crippen LogP contribution in [0.5, 0.6) is 0 Å². The molecule has 1 aliphatic rings. The molecule has 0 bridgehead atoms. The van der Waals surface area contributed by atoms with Gasteiger partial charge < -0.3 is 4.42 Å². The highest BCUT2D eigenvalue weighted by atomic mass is 19.1. The molecule has 1 saturated carbocycles. The Labute approximate surface area is 210 Å². The molecular formula is C32H28FN2O+. The van der Waals surface area contributed by atoms with Crippen LogP contribution in [0.2, 0.25) is 0 Å². The van der Waals surface area contributed by atoms with Gasteiger partial charge >= 0.3 is 0 Å². The summed E-state index contributed by atoms with van der Waals surface area (Å²) in [5.74, 6) is 0.337. The molecule has 0 unspecified atom stereocenters. The first-order valence-electron chi connectivity index (χ1n) is 12.7. The Morgan fingerprint density at radius 1 is 0.889 bits per heavy atom. The van der Waals surface area contributed by atoms with E-state index < -0.39 is 0 Å². The van der Waals surface area contributed by atoms with Crippen LogP contribution in [-0.2, 0) is 7.05 Å². The number of rotatable bonds is 3. The fourth-order valence-electron chi connectivity index (χ4n) is 5.85. The lowest BCUT2D eigenvalue weighted by atomic mass is 9.83. The maximum Gasteiger partial charge on any atom is 0.219 e. The molecule has 0 amide bonds. The zero-order valence-electron chi connectivity index (χ0n) is 20.6. The molecule has 2 aromatic heterocycles. The van der Waals surface area contributed by atoms with E-state index in [9.17, 15) is 9.65 Å². The molecule has 1 aliphatic carbocycles. The minimum absolute atomic E-state index is 0.291. The van der Waals surface area contributed by atoms with Gasteiger partial charge in [0.25, 0.3) is 0 Å². The van der Waals surface area contributed by atoms with E-state index in [1.807, 2.05) is 36.7 Å². The van der Waals surface area contributed by atoms with Crippen molar-refractivity contribution in [3.63, 3.8) is 0 Å². The predicted molar refractivity (Wildman–Crippen MR) is 141 cm³/mol. The lowest BCUT2D eigenvalue weighted by molar-refractivity contribution is -0.660. The lowest BCUT2D eigenvalue weighted by Gasteiger charge is -2.22. The molecule has 4 heteroatoms. The summed E-state index contributed by atoms with van der Waals surface area (Å²) in [5.41, 5.74) is 7.77. The summed E-state index contributed by atoms with van der Waals surface area (Å²) in [6, 6.07) is 22.0. The Morgan fingerprint density at radius 3 is 2.31 bits per heavy atom. The molecule has 178 valence electrons. The molecule has 2 heterocycles. The fourth-order valence-corrected chi connectivity index (χ4v) is 5.85. The topological polar surface area (TPSA) is 40.8 Å². The van der Waals surface area contributed by atoms with E-state index in [4.69, 9.17) is 4.42 Å². The second-order valence-electron chi connectivity index (χ2n) is 10.0. The Morgan fingerprint density at radius 2 is 1.58 bits per heavy atom. The first kappa shape index (κ1) is 22.5. The molecule has 0 saturated heterocycles. The van der Waals surface area contributed by atoms with E-state index in [0.29, 0.717) is 22.6 Å². The van der Waals surface area contributed by atoms with E-state index in [1.165, 1.54) is 43.7 Å². The summed E-state index contributed by atoms with van der Waals surface area (Å²) in [7, 11) is 1.91. The molecule has 5 aromatic rings. The zero-order valence-corrected chi connectivity index (χ0v) is 20.6. The average Bonchev–Trinajstić information content (AvgIpc) is 3.29. The molecule has 6 rings (SSSR count). The molecular weight excluding hydrogens is 447 g/mol. The van der Waals surface area contributed by atoms with E-state index in [-0.39, 0.29) is 5.82 Å². The third kappa shape index (κ3) is 3.67. The van der Waals surface area contributed by atoms with Gasteiger partial charge in [0.15, 0.2) is 6.20 Å². The zero-order chi connectivity index (χ0) is 24.8. The van der Waals surface area contributed by atoms with E-state index in [2.05, 4.69) is 36.4 Å². The van der Waals surface area contributed by atoms with Crippen LogP contribution in [-0.4, -0.2) is 0 Å². The van der Waals surface area contributed by atoms with Gasteiger partial charge in [-0.1, -0.05) is 55.7 Å². The Balaban J connectivity index is 1.57. The van der Waals surface area contributed by atoms with Gasteiger partial charge in [-0.2, -0.15) is 5.26 Å². The van der Waals surface area contributed by atoms with Crippen LogP contribution < -0.4 is 4.57 Å². The average molecular weight is 476 g/mol. The third-order valence-corrected chi connectivity index (χ3v) is 7.78. The molecule has 1 fully saturated rings. The Bertz CT molecular complexity index is 1650. The van der Waals surface area contributed by atoms with Crippen LogP contribution in [0.3, 0.4) is 0 Å². The number of pyridine rings is 1. The maximum absolute atomic E-state index is 14.2. The maximum atomic E-state index is 14.2. The largest absolute Gasteiger partial charge is 0.454 e. The number of halogens is 1. The predicted octanol–water partition coefficient (Wildman–Crippen LogP) is 8.11. The Kier molecular flexibility index (Phi) is 5.57. The molecule has 3 aromatic carbocycles. The van der Waals surface area contributed by atoms with Gasteiger partial charge in [0.05, 0.1) is 17.2 Å². The van der Waals surface area contributed by atoms with Crippen molar-refractivity contribution in [3.05, 3.63) is 89.4 Å². The number of furan rings is 1. The van der Waals surface area contributed by atoms with Crippen LogP contribution in [0.1, 0.15) is 54.7 Å². The van der Waals surface area contributed by atoms with Gasteiger partial charge in [-0.3, -0.25) is 0 Å². The standard InChI is InChI=1S/C32H28FN2O/c1-20-8-14-26-27-15-13-24(19-34)30(23-11-9-22(10-12-23)21-6-4-3-5-7-21)32(27)36-31(26)29(20)28-18-25(33)16-17-35(28)2/h8-18,21H,3-7H2,1-2H3/q+1. The molecule has 36 heavy (non-hydrogen) atoms. The number of nitriles is 1. The lowest BCUT2D eigenvalue weighted by Crippen LogP contribution is -2.30. The minimum Gasteiger partial charge on any atom is -0.454 e. The first-order valence-corrected chi connectivity index (χ1v) is 12.7. The van der Waals surface area contributed by atoms with Gasteiger partial charge in [0.1, 0.15) is 24.0 Å². The smallest absolute Gasteiger partial charge is 0.219 e. The third-order valence-electron chi connectivity index (χ3n) is 7.78. The van der Waals surface area contributed by atoms with Crippen LogP contribution >= 0.6 is 0 Å². The van der Waals surface area contributed by atoms with Crippen LogP contribution in [0.25, 0.3) is 44.3 Å². The number of nitrogens with zero attached hydrogens (tertiary/aromatic N) is 2. The molecule has 0 aliphatic heterocycles. The number of aromatic nitrogens is 1. The number of hydrogen-bond donors (Lipinski definition) is 0. The second kappa shape index (κ2) is 8.91. The Hall–Kier alpha value is -3.97. The van der Waals surface area contributed by atoms with Gasteiger partial charge in [-0.05, 0) is 54.5 Å². The highest BCUT2D eigenvalue weighted by Gasteiger charge is 2.24. The fraction of sp³-hybridized carbons (Fsp3) is 0.250. The van der Waals surface area contributed by atoms with E-state index in [1.54, 1.807) is 12.3 Å². The number of aryl methyl sites for hydroxylation is 2. The molecule has 0 N–H and O–H groups in total. The van der Waals surface area contributed by atoms with Gasteiger partial charge in [-0.15, -0.1) is 0 Å². The number of fused-ring (bicyclic) bond motifs is 3. The number of benzene rings is 3.